The summed E-state index contributed by atoms with van der Waals surface area (Å²) in [5.41, 5.74) is 2.43. The Morgan fingerprint density at radius 2 is 1.70 bits per heavy atom. The normalized spacial score (nSPS) is 10.6. The van der Waals surface area contributed by atoms with Gasteiger partial charge in [0.05, 0.1) is 22.3 Å². The fourth-order valence-electron chi connectivity index (χ4n) is 2.64. The zero-order valence-electron chi connectivity index (χ0n) is 15.8. The predicted molar refractivity (Wildman–Crippen MR) is 116 cm³/mol. The van der Waals surface area contributed by atoms with E-state index in [1.165, 1.54) is 6.08 Å². The molecule has 3 aromatic rings. The fourth-order valence-corrected chi connectivity index (χ4v) is 2.83. The summed E-state index contributed by atoms with van der Waals surface area (Å²) in [6, 6.07) is 25.0. The van der Waals surface area contributed by atoms with Crippen LogP contribution < -0.4 is 10.1 Å². The van der Waals surface area contributed by atoms with Gasteiger partial charge in [-0.2, -0.15) is 10.5 Å². The zero-order chi connectivity index (χ0) is 21.3. The van der Waals surface area contributed by atoms with Crippen molar-refractivity contribution in [1.29, 1.82) is 10.5 Å². The first-order chi connectivity index (χ1) is 14.6. The van der Waals surface area contributed by atoms with Gasteiger partial charge >= 0.3 is 0 Å². The lowest BCUT2D eigenvalue weighted by Gasteiger charge is -2.08. The maximum atomic E-state index is 12.4. The van der Waals surface area contributed by atoms with E-state index >= 15 is 0 Å². The Hall–Kier alpha value is -4.06. The molecule has 3 rings (SSSR count). The lowest BCUT2D eigenvalue weighted by atomic mass is 10.1. The first-order valence-corrected chi connectivity index (χ1v) is 9.37. The highest BCUT2D eigenvalue weighted by molar-refractivity contribution is 6.34. The number of para-hydroxylation sites is 1. The summed E-state index contributed by atoms with van der Waals surface area (Å²) in [6.45, 7) is 0.266. The van der Waals surface area contributed by atoms with Crippen molar-refractivity contribution in [3.8, 4) is 17.9 Å². The zero-order valence-corrected chi connectivity index (χ0v) is 16.6. The predicted octanol–water partition coefficient (Wildman–Crippen LogP) is 5.34. The van der Waals surface area contributed by atoms with E-state index in [1.54, 1.807) is 60.7 Å². The second-order valence-electron chi connectivity index (χ2n) is 6.23. The average molecular weight is 414 g/mol. The van der Waals surface area contributed by atoms with Crippen LogP contribution in [0.3, 0.4) is 0 Å². The third-order valence-electron chi connectivity index (χ3n) is 4.21. The van der Waals surface area contributed by atoms with Crippen LogP contribution in [0.1, 0.15) is 16.7 Å². The standard InChI is InChI=1S/C24H16ClN3O2/c25-22-7-3-4-8-23(22)28-24(29)20(15-27)13-17-9-11-21(12-10-17)30-16-19-6-2-1-5-18(19)14-26/h1-13H,16H2,(H,28,29)/b20-13+. The maximum absolute atomic E-state index is 12.4. The molecule has 146 valence electrons. The molecule has 0 aromatic heterocycles. The largest absolute Gasteiger partial charge is 0.489 e. The lowest BCUT2D eigenvalue weighted by molar-refractivity contribution is -0.112. The highest BCUT2D eigenvalue weighted by atomic mass is 35.5. The van der Waals surface area contributed by atoms with E-state index < -0.39 is 5.91 Å². The topological polar surface area (TPSA) is 85.9 Å². The molecule has 6 heteroatoms. The van der Waals surface area contributed by atoms with Crippen LogP contribution in [0.4, 0.5) is 5.69 Å². The van der Waals surface area contributed by atoms with E-state index in [-0.39, 0.29) is 12.2 Å². The van der Waals surface area contributed by atoms with Crippen LogP contribution in [0.15, 0.2) is 78.4 Å². The number of halogens is 1. The van der Waals surface area contributed by atoms with Gasteiger partial charge in [0.2, 0.25) is 0 Å². The van der Waals surface area contributed by atoms with Crippen molar-refractivity contribution in [2.45, 2.75) is 6.61 Å². The van der Waals surface area contributed by atoms with E-state index in [0.717, 1.165) is 5.56 Å². The summed E-state index contributed by atoms with van der Waals surface area (Å²) in [4.78, 5) is 12.4. The number of rotatable bonds is 6. The van der Waals surface area contributed by atoms with Gasteiger partial charge in [-0.05, 0) is 42.0 Å². The average Bonchev–Trinajstić information content (AvgIpc) is 2.78. The van der Waals surface area contributed by atoms with E-state index in [1.807, 2.05) is 18.2 Å². The molecule has 0 aliphatic rings. The summed E-state index contributed by atoms with van der Waals surface area (Å²) < 4.78 is 5.73. The molecule has 0 saturated carbocycles. The molecule has 0 fully saturated rings. The number of ether oxygens (including phenoxy) is 1. The number of anilines is 1. The summed E-state index contributed by atoms with van der Waals surface area (Å²) >= 11 is 6.04. The molecule has 0 aliphatic carbocycles. The molecule has 0 heterocycles. The van der Waals surface area contributed by atoms with Gasteiger partial charge in [-0.15, -0.1) is 0 Å². The van der Waals surface area contributed by atoms with E-state index in [9.17, 15) is 10.1 Å². The molecule has 3 aromatic carbocycles. The molecule has 0 saturated heterocycles. The van der Waals surface area contributed by atoms with Crippen molar-refractivity contribution in [1.82, 2.24) is 0 Å². The van der Waals surface area contributed by atoms with Crippen molar-refractivity contribution in [2.75, 3.05) is 5.32 Å². The molecule has 0 atom stereocenters. The molecular weight excluding hydrogens is 398 g/mol. The smallest absolute Gasteiger partial charge is 0.266 e. The van der Waals surface area contributed by atoms with Crippen LogP contribution in [0, 0.1) is 22.7 Å². The van der Waals surface area contributed by atoms with Gasteiger partial charge in [-0.25, -0.2) is 0 Å². The monoisotopic (exact) mass is 413 g/mol. The van der Waals surface area contributed by atoms with Crippen molar-refractivity contribution in [2.24, 2.45) is 0 Å². The second-order valence-corrected chi connectivity index (χ2v) is 6.64. The second kappa shape index (κ2) is 9.93. The van der Waals surface area contributed by atoms with Gasteiger partial charge in [0.25, 0.3) is 5.91 Å². The number of carbonyl (C=O) groups excluding carboxylic acids is 1. The van der Waals surface area contributed by atoms with Gasteiger partial charge in [-0.1, -0.05) is 54.1 Å². The summed E-state index contributed by atoms with van der Waals surface area (Å²) in [7, 11) is 0. The minimum Gasteiger partial charge on any atom is -0.489 e. The van der Waals surface area contributed by atoms with Crippen molar-refractivity contribution in [3.05, 3.63) is 100 Å². The molecule has 1 amide bonds. The molecule has 0 bridgehead atoms. The van der Waals surface area contributed by atoms with E-state index in [2.05, 4.69) is 11.4 Å². The number of carbonyl (C=O) groups is 1. The Labute approximate surface area is 179 Å². The van der Waals surface area contributed by atoms with E-state index in [0.29, 0.717) is 27.6 Å². The van der Waals surface area contributed by atoms with Crippen LogP contribution >= 0.6 is 11.6 Å². The van der Waals surface area contributed by atoms with Crippen molar-refractivity contribution in [3.63, 3.8) is 0 Å². The van der Waals surface area contributed by atoms with Gasteiger partial charge in [0.15, 0.2) is 0 Å². The minimum atomic E-state index is -0.543. The Kier molecular flexibility index (Phi) is 6.84. The summed E-state index contributed by atoms with van der Waals surface area (Å²) in [6.07, 6.45) is 1.49. The van der Waals surface area contributed by atoms with E-state index in [4.69, 9.17) is 21.6 Å². The summed E-state index contributed by atoms with van der Waals surface area (Å²) in [5.74, 6) is 0.0676. The number of benzene rings is 3. The van der Waals surface area contributed by atoms with Crippen LogP contribution in [0.5, 0.6) is 5.75 Å². The number of hydrogen-bond donors (Lipinski definition) is 1. The first kappa shape index (κ1) is 20.7. The van der Waals surface area contributed by atoms with Gasteiger partial charge in [0.1, 0.15) is 24.0 Å². The number of nitrogens with zero attached hydrogens (tertiary/aromatic N) is 2. The first-order valence-electron chi connectivity index (χ1n) is 8.99. The number of nitrogens with one attached hydrogen (secondary N) is 1. The Balaban J connectivity index is 1.68. The Morgan fingerprint density at radius 3 is 2.40 bits per heavy atom. The molecule has 0 spiro atoms. The quantitative estimate of drug-likeness (QED) is 0.436. The minimum absolute atomic E-state index is 0.0495. The molecule has 0 unspecified atom stereocenters. The molecule has 0 aliphatic heterocycles. The Morgan fingerprint density at radius 1 is 1.00 bits per heavy atom. The van der Waals surface area contributed by atoms with Gasteiger partial charge in [-0.3, -0.25) is 4.79 Å². The van der Waals surface area contributed by atoms with Crippen LogP contribution in [-0.2, 0) is 11.4 Å². The number of hydrogen-bond acceptors (Lipinski definition) is 4. The van der Waals surface area contributed by atoms with Crippen molar-refractivity contribution >= 4 is 29.3 Å². The third kappa shape index (κ3) is 5.26. The highest BCUT2D eigenvalue weighted by Crippen LogP contribution is 2.22. The van der Waals surface area contributed by atoms with Crippen LogP contribution in [-0.4, -0.2) is 5.91 Å². The lowest BCUT2D eigenvalue weighted by Crippen LogP contribution is -2.13. The Bertz CT molecular complexity index is 1170. The van der Waals surface area contributed by atoms with Gasteiger partial charge < -0.3 is 10.1 Å². The molecule has 30 heavy (non-hydrogen) atoms. The molecular formula is C24H16ClN3O2. The number of nitriles is 2. The SMILES string of the molecule is N#C/C(=C\c1ccc(OCc2ccccc2C#N)cc1)C(=O)Nc1ccccc1Cl. The molecule has 5 nitrogen and oxygen atoms in total. The van der Waals surface area contributed by atoms with Crippen LogP contribution in [0.2, 0.25) is 5.02 Å². The van der Waals surface area contributed by atoms with Crippen molar-refractivity contribution < 1.29 is 9.53 Å². The number of amides is 1. The maximum Gasteiger partial charge on any atom is 0.266 e. The molecule has 1 N–H and O–H groups in total. The highest BCUT2D eigenvalue weighted by Gasteiger charge is 2.11. The molecule has 0 radical (unpaired) electrons. The van der Waals surface area contributed by atoms with Crippen LogP contribution in [0.25, 0.3) is 6.08 Å². The third-order valence-corrected chi connectivity index (χ3v) is 4.54. The van der Waals surface area contributed by atoms with Gasteiger partial charge in [0, 0.05) is 5.56 Å². The summed E-state index contributed by atoms with van der Waals surface area (Å²) in [5, 5.41) is 21.5. The fraction of sp³-hybridized carbons (Fsp3) is 0.0417.